The van der Waals surface area contributed by atoms with Crippen LogP contribution in [0.25, 0.3) is 10.2 Å². The van der Waals surface area contributed by atoms with Crippen LogP contribution in [0.15, 0.2) is 12.3 Å². The average Bonchev–Trinajstić information content (AvgIpc) is 2.59. The maximum atomic E-state index is 11.2. The highest BCUT2D eigenvalue weighted by molar-refractivity contribution is 7.20. The lowest BCUT2D eigenvalue weighted by molar-refractivity contribution is 0.0606. The number of methoxy groups -OCH3 is 1. The summed E-state index contributed by atoms with van der Waals surface area (Å²) in [6.07, 6.45) is 1.71. The predicted molar refractivity (Wildman–Crippen MR) is 53.5 cm³/mol. The number of ether oxygens (including phenoxy) is 1. The maximum absolute atomic E-state index is 11.2. The van der Waals surface area contributed by atoms with E-state index in [1.807, 2.05) is 6.92 Å². The number of hydrogen-bond donors (Lipinski definition) is 0. The normalized spacial score (nSPS) is 10.4. The van der Waals surface area contributed by atoms with E-state index in [4.69, 9.17) is 0 Å². The lowest BCUT2D eigenvalue weighted by Crippen LogP contribution is -1.96. The molecule has 0 aliphatic carbocycles. The standard InChI is InChI=1S/C9H8N2O2S/c1-5-10-4-6-3-7(9(12)13-2)14-8(6)11-5/h3-4H,1-2H3. The van der Waals surface area contributed by atoms with Crippen LogP contribution in [0.3, 0.4) is 0 Å². The molecule has 2 rings (SSSR count). The van der Waals surface area contributed by atoms with Crippen LogP contribution in [0.1, 0.15) is 15.5 Å². The molecule has 2 aromatic rings. The first-order valence-corrected chi connectivity index (χ1v) is 4.84. The highest BCUT2D eigenvalue weighted by Gasteiger charge is 2.10. The van der Waals surface area contributed by atoms with Gasteiger partial charge in [0.25, 0.3) is 0 Å². The summed E-state index contributed by atoms with van der Waals surface area (Å²) in [5.41, 5.74) is 0. The summed E-state index contributed by atoms with van der Waals surface area (Å²) in [4.78, 5) is 20.8. The molecule has 0 spiro atoms. The molecule has 0 radical (unpaired) electrons. The summed E-state index contributed by atoms with van der Waals surface area (Å²) in [7, 11) is 1.36. The third kappa shape index (κ3) is 1.46. The zero-order chi connectivity index (χ0) is 10.1. The first-order valence-electron chi connectivity index (χ1n) is 4.02. The minimum Gasteiger partial charge on any atom is -0.465 e. The van der Waals surface area contributed by atoms with Crippen LogP contribution < -0.4 is 0 Å². The van der Waals surface area contributed by atoms with Gasteiger partial charge in [0.1, 0.15) is 15.5 Å². The van der Waals surface area contributed by atoms with Gasteiger partial charge in [0, 0.05) is 11.6 Å². The third-order valence-corrected chi connectivity index (χ3v) is 2.81. The fourth-order valence-electron chi connectivity index (χ4n) is 1.12. The Labute approximate surface area is 84.6 Å². The van der Waals surface area contributed by atoms with Crippen molar-refractivity contribution in [3.63, 3.8) is 0 Å². The molecule has 0 amide bonds. The van der Waals surface area contributed by atoms with Crippen molar-refractivity contribution < 1.29 is 9.53 Å². The van der Waals surface area contributed by atoms with E-state index in [2.05, 4.69) is 14.7 Å². The molecule has 0 bridgehead atoms. The Balaban J connectivity index is 2.56. The van der Waals surface area contributed by atoms with E-state index in [1.54, 1.807) is 12.3 Å². The molecule has 4 nitrogen and oxygen atoms in total. The molecule has 0 aliphatic rings. The summed E-state index contributed by atoms with van der Waals surface area (Å²) < 4.78 is 4.62. The number of aryl methyl sites for hydroxylation is 1. The van der Waals surface area contributed by atoms with Crippen molar-refractivity contribution in [2.24, 2.45) is 0 Å². The van der Waals surface area contributed by atoms with Gasteiger partial charge in [-0.3, -0.25) is 0 Å². The van der Waals surface area contributed by atoms with Crippen molar-refractivity contribution >= 4 is 27.5 Å². The number of carbonyl (C=O) groups is 1. The van der Waals surface area contributed by atoms with Gasteiger partial charge < -0.3 is 4.74 Å². The fourth-order valence-corrected chi connectivity index (χ4v) is 2.08. The first-order chi connectivity index (χ1) is 6.70. The minimum atomic E-state index is -0.328. The summed E-state index contributed by atoms with van der Waals surface area (Å²) in [6.45, 7) is 1.82. The van der Waals surface area contributed by atoms with Gasteiger partial charge in [0.05, 0.1) is 7.11 Å². The second-order valence-electron chi connectivity index (χ2n) is 2.78. The number of nitrogens with zero attached hydrogens (tertiary/aromatic N) is 2. The Hall–Kier alpha value is -1.49. The van der Waals surface area contributed by atoms with Gasteiger partial charge in [-0.2, -0.15) is 0 Å². The molecule has 0 aliphatic heterocycles. The smallest absolute Gasteiger partial charge is 0.348 e. The quantitative estimate of drug-likeness (QED) is 0.670. The number of hydrogen-bond acceptors (Lipinski definition) is 5. The number of thiophene rings is 1. The van der Waals surface area contributed by atoms with E-state index in [0.29, 0.717) is 10.7 Å². The van der Waals surface area contributed by atoms with Crippen LogP contribution >= 0.6 is 11.3 Å². The Bertz CT molecular complexity index is 493. The monoisotopic (exact) mass is 208 g/mol. The molecule has 5 heteroatoms. The Morgan fingerprint density at radius 2 is 2.36 bits per heavy atom. The lowest BCUT2D eigenvalue weighted by Gasteiger charge is -1.90. The van der Waals surface area contributed by atoms with Crippen LogP contribution in [0.4, 0.5) is 0 Å². The number of esters is 1. The molecule has 0 atom stereocenters. The van der Waals surface area contributed by atoms with Gasteiger partial charge >= 0.3 is 5.97 Å². The molecule has 0 aromatic carbocycles. The van der Waals surface area contributed by atoms with Gasteiger partial charge in [0.2, 0.25) is 0 Å². The highest BCUT2D eigenvalue weighted by atomic mass is 32.1. The van der Waals surface area contributed by atoms with Crippen molar-refractivity contribution in [1.29, 1.82) is 0 Å². The maximum Gasteiger partial charge on any atom is 0.348 e. The van der Waals surface area contributed by atoms with Crippen molar-refractivity contribution in [3.05, 3.63) is 23.0 Å². The molecule has 2 aromatic heterocycles. The predicted octanol–water partition coefficient (Wildman–Crippen LogP) is 1.79. The lowest BCUT2D eigenvalue weighted by atomic mass is 10.3. The summed E-state index contributed by atoms with van der Waals surface area (Å²) in [5, 5.41) is 0.876. The van der Waals surface area contributed by atoms with Crippen LogP contribution in [0, 0.1) is 6.92 Å². The number of rotatable bonds is 1. The molecule has 0 saturated carbocycles. The van der Waals surface area contributed by atoms with Crippen LogP contribution in [-0.4, -0.2) is 23.0 Å². The topological polar surface area (TPSA) is 52.1 Å². The van der Waals surface area contributed by atoms with E-state index in [9.17, 15) is 4.79 Å². The number of fused-ring (bicyclic) bond motifs is 1. The Morgan fingerprint density at radius 1 is 1.57 bits per heavy atom. The van der Waals surface area contributed by atoms with Gasteiger partial charge in [0.15, 0.2) is 0 Å². The molecule has 0 saturated heterocycles. The van der Waals surface area contributed by atoms with E-state index < -0.39 is 0 Å². The second kappa shape index (κ2) is 3.34. The van der Waals surface area contributed by atoms with Crippen LogP contribution in [0.2, 0.25) is 0 Å². The van der Waals surface area contributed by atoms with Crippen molar-refractivity contribution in [2.75, 3.05) is 7.11 Å². The van der Waals surface area contributed by atoms with Crippen LogP contribution in [0.5, 0.6) is 0 Å². The summed E-state index contributed by atoms with van der Waals surface area (Å²) in [6, 6.07) is 1.74. The molecule has 72 valence electrons. The van der Waals surface area contributed by atoms with Crippen molar-refractivity contribution in [3.8, 4) is 0 Å². The molecule has 0 unspecified atom stereocenters. The number of aromatic nitrogens is 2. The number of carbonyl (C=O) groups excluding carboxylic acids is 1. The molecular weight excluding hydrogens is 200 g/mol. The largest absolute Gasteiger partial charge is 0.465 e. The fraction of sp³-hybridized carbons (Fsp3) is 0.222. The van der Waals surface area contributed by atoms with Crippen LogP contribution in [-0.2, 0) is 4.74 Å². The molecule has 0 fully saturated rings. The zero-order valence-electron chi connectivity index (χ0n) is 7.77. The molecular formula is C9H8N2O2S. The van der Waals surface area contributed by atoms with E-state index in [-0.39, 0.29) is 5.97 Å². The van der Waals surface area contributed by atoms with E-state index in [0.717, 1.165) is 10.2 Å². The van der Waals surface area contributed by atoms with Crippen molar-refractivity contribution in [2.45, 2.75) is 6.92 Å². The third-order valence-electron chi connectivity index (χ3n) is 1.78. The van der Waals surface area contributed by atoms with Gasteiger partial charge in [-0.05, 0) is 13.0 Å². The average molecular weight is 208 g/mol. The van der Waals surface area contributed by atoms with E-state index >= 15 is 0 Å². The minimum absolute atomic E-state index is 0.328. The van der Waals surface area contributed by atoms with Gasteiger partial charge in [-0.1, -0.05) is 0 Å². The SMILES string of the molecule is COC(=O)c1cc2cnc(C)nc2s1. The van der Waals surface area contributed by atoms with Crippen molar-refractivity contribution in [1.82, 2.24) is 9.97 Å². The molecule has 2 heterocycles. The Morgan fingerprint density at radius 3 is 3.07 bits per heavy atom. The summed E-state index contributed by atoms with van der Waals surface area (Å²) >= 11 is 1.32. The first kappa shape index (κ1) is 9.08. The van der Waals surface area contributed by atoms with E-state index in [1.165, 1.54) is 18.4 Å². The Kier molecular flexibility index (Phi) is 2.17. The highest BCUT2D eigenvalue weighted by Crippen LogP contribution is 2.23. The van der Waals surface area contributed by atoms with Gasteiger partial charge in [-0.25, -0.2) is 14.8 Å². The molecule has 0 N–H and O–H groups in total. The molecule has 14 heavy (non-hydrogen) atoms. The second-order valence-corrected chi connectivity index (χ2v) is 3.81. The summed E-state index contributed by atoms with van der Waals surface area (Å²) in [5.74, 6) is 0.376. The van der Waals surface area contributed by atoms with Gasteiger partial charge in [-0.15, -0.1) is 11.3 Å². The zero-order valence-corrected chi connectivity index (χ0v) is 8.59.